The second-order valence-electron chi connectivity index (χ2n) is 5.07. The Balaban J connectivity index is 1.84. The number of likely N-dealkylation sites (tertiary alicyclic amines) is 1. The highest BCUT2D eigenvalue weighted by Gasteiger charge is 2.23. The molecule has 2 rings (SSSR count). The monoisotopic (exact) mass is 277 g/mol. The molecule has 0 N–H and O–H groups in total. The first-order chi connectivity index (χ1) is 9.70. The lowest BCUT2D eigenvalue weighted by Crippen LogP contribution is -2.39. The molecule has 1 saturated heterocycles. The number of benzene rings is 1. The van der Waals surface area contributed by atoms with Crippen LogP contribution in [0.4, 0.5) is 4.39 Å². The zero-order chi connectivity index (χ0) is 14.4. The Bertz CT molecular complexity index is 467. The molecule has 1 aliphatic heterocycles. The predicted octanol–water partition coefficient (Wildman–Crippen LogP) is 2.88. The first kappa shape index (κ1) is 14.7. The van der Waals surface area contributed by atoms with Gasteiger partial charge in [-0.1, -0.05) is 12.1 Å². The first-order valence-electron chi connectivity index (χ1n) is 6.94. The van der Waals surface area contributed by atoms with E-state index in [9.17, 15) is 9.18 Å². The zero-order valence-corrected chi connectivity index (χ0v) is 11.6. The summed E-state index contributed by atoms with van der Waals surface area (Å²) in [6.07, 6.45) is 3.60. The van der Waals surface area contributed by atoms with Crippen LogP contribution >= 0.6 is 0 Å². The summed E-state index contributed by atoms with van der Waals surface area (Å²) in [5.41, 5.74) is 0.423. The number of carbonyl (C=O) groups is 1. The molecule has 108 valence electrons. The number of rotatable bonds is 5. The first-order valence-corrected chi connectivity index (χ1v) is 6.94. The van der Waals surface area contributed by atoms with Crippen molar-refractivity contribution >= 4 is 5.91 Å². The van der Waals surface area contributed by atoms with E-state index < -0.39 is 0 Å². The summed E-state index contributed by atoms with van der Waals surface area (Å²) in [7, 11) is 0. The maximum absolute atomic E-state index is 13.1. The summed E-state index contributed by atoms with van der Waals surface area (Å²) in [5.74, 6) is 0.0324. The van der Waals surface area contributed by atoms with Gasteiger partial charge in [-0.05, 0) is 37.0 Å². The highest BCUT2D eigenvalue weighted by molar-refractivity contribution is 5.94. The van der Waals surface area contributed by atoms with Crippen molar-refractivity contribution in [3.63, 3.8) is 0 Å². The lowest BCUT2D eigenvalue weighted by Gasteiger charge is -2.31. The Morgan fingerprint density at radius 1 is 1.45 bits per heavy atom. The third-order valence-electron chi connectivity index (χ3n) is 3.56. The number of piperidine rings is 1. The van der Waals surface area contributed by atoms with Crippen molar-refractivity contribution in [2.75, 3.05) is 26.3 Å². The van der Waals surface area contributed by atoms with Crippen LogP contribution in [0, 0.1) is 11.7 Å². The largest absolute Gasteiger partial charge is 0.377 e. The second kappa shape index (κ2) is 7.20. The summed E-state index contributed by atoms with van der Waals surface area (Å²) >= 11 is 0. The Hall–Kier alpha value is -1.68. The topological polar surface area (TPSA) is 29.5 Å². The summed E-state index contributed by atoms with van der Waals surface area (Å²) in [6.45, 7) is 6.31. The van der Waals surface area contributed by atoms with Gasteiger partial charge in [-0.25, -0.2) is 4.39 Å². The minimum Gasteiger partial charge on any atom is -0.377 e. The summed E-state index contributed by atoms with van der Waals surface area (Å²) in [4.78, 5) is 14.0. The third-order valence-corrected chi connectivity index (χ3v) is 3.56. The minimum atomic E-state index is -0.372. The molecule has 1 amide bonds. The average molecular weight is 277 g/mol. The van der Waals surface area contributed by atoms with E-state index >= 15 is 0 Å². The van der Waals surface area contributed by atoms with E-state index in [-0.39, 0.29) is 11.7 Å². The van der Waals surface area contributed by atoms with E-state index in [1.165, 1.54) is 12.1 Å². The highest BCUT2D eigenvalue weighted by Crippen LogP contribution is 2.19. The van der Waals surface area contributed by atoms with Crippen LogP contribution in [-0.4, -0.2) is 37.1 Å². The van der Waals surface area contributed by atoms with Crippen LogP contribution in [-0.2, 0) is 4.74 Å². The van der Waals surface area contributed by atoms with Gasteiger partial charge in [0.1, 0.15) is 5.82 Å². The molecule has 3 nitrogen and oxygen atoms in total. The van der Waals surface area contributed by atoms with Crippen molar-refractivity contribution in [3.8, 4) is 0 Å². The molecular formula is C16H20FNO2. The van der Waals surface area contributed by atoms with Crippen molar-refractivity contribution in [2.45, 2.75) is 12.8 Å². The Morgan fingerprint density at radius 2 is 2.20 bits per heavy atom. The van der Waals surface area contributed by atoms with Crippen molar-refractivity contribution in [1.29, 1.82) is 0 Å². The highest BCUT2D eigenvalue weighted by atomic mass is 19.1. The van der Waals surface area contributed by atoms with Gasteiger partial charge in [-0.15, -0.1) is 6.58 Å². The Morgan fingerprint density at radius 3 is 2.85 bits per heavy atom. The van der Waals surface area contributed by atoms with Crippen LogP contribution in [0.2, 0.25) is 0 Å². The molecule has 4 heteroatoms. The van der Waals surface area contributed by atoms with Gasteiger partial charge in [-0.3, -0.25) is 4.79 Å². The van der Waals surface area contributed by atoms with E-state index in [0.29, 0.717) is 37.8 Å². The Kier molecular flexibility index (Phi) is 5.30. The van der Waals surface area contributed by atoms with E-state index in [1.807, 2.05) is 0 Å². The molecule has 20 heavy (non-hydrogen) atoms. The molecule has 0 unspecified atom stereocenters. The van der Waals surface area contributed by atoms with Crippen molar-refractivity contribution in [2.24, 2.45) is 5.92 Å². The number of ether oxygens (including phenoxy) is 1. The summed E-state index contributed by atoms with van der Waals surface area (Å²) < 4.78 is 18.6. The number of halogens is 1. The molecule has 1 aromatic carbocycles. The van der Waals surface area contributed by atoms with Crippen LogP contribution in [0.3, 0.4) is 0 Å². The second-order valence-corrected chi connectivity index (χ2v) is 5.07. The Labute approximate surface area is 119 Å². The lowest BCUT2D eigenvalue weighted by molar-refractivity contribution is 0.0575. The molecule has 0 spiro atoms. The molecule has 0 atom stereocenters. The van der Waals surface area contributed by atoms with Gasteiger partial charge in [0.2, 0.25) is 0 Å². The van der Waals surface area contributed by atoms with Crippen LogP contribution in [0.15, 0.2) is 36.9 Å². The number of hydrogen-bond donors (Lipinski definition) is 0. The van der Waals surface area contributed by atoms with E-state index in [0.717, 1.165) is 12.8 Å². The quantitative estimate of drug-likeness (QED) is 0.612. The molecule has 0 bridgehead atoms. The van der Waals surface area contributed by atoms with Crippen LogP contribution in [0.25, 0.3) is 0 Å². The maximum atomic E-state index is 13.1. The average Bonchev–Trinajstić information content (AvgIpc) is 2.47. The fourth-order valence-electron chi connectivity index (χ4n) is 2.42. The van der Waals surface area contributed by atoms with Crippen LogP contribution in [0.1, 0.15) is 23.2 Å². The lowest BCUT2D eigenvalue weighted by atomic mass is 9.97. The zero-order valence-electron chi connectivity index (χ0n) is 11.6. The van der Waals surface area contributed by atoms with Gasteiger partial charge in [0.05, 0.1) is 6.61 Å². The molecule has 0 aromatic heterocycles. The number of amides is 1. The molecule has 1 heterocycles. The molecule has 1 fully saturated rings. The molecule has 1 aromatic rings. The van der Waals surface area contributed by atoms with Gasteiger partial charge in [-0.2, -0.15) is 0 Å². The van der Waals surface area contributed by atoms with Crippen molar-refractivity contribution < 1.29 is 13.9 Å². The number of hydrogen-bond acceptors (Lipinski definition) is 2. The molecule has 0 aliphatic carbocycles. The van der Waals surface area contributed by atoms with Gasteiger partial charge < -0.3 is 9.64 Å². The number of carbonyl (C=O) groups excluding carboxylic acids is 1. The van der Waals surface area contributed by atoms with E-state index in [1.54, 1.807) is 23.1 Å². The molecular weight excluding hydrogens is 257 g/mol. The molecule has 1 aliphatic rings. The van der Waals surface area contributed by atoms with Gasteiger partial charge >= 0.3 is 0 Å². The summed E-state index contributed by atoms with van der Waals surface area (Å²) in [6, 6.07) is 5.87. The van der Waals surface area contributed by atoms with Gasteiger partial charge in [0, 0.05) is 25.3 Å². The molecule has 0 saturated carbocycles. The van der Waals surface area contributed by atoms with Crippen molar-refractivity contribution in [1.82, 2.24) is 4.90 Å². The molecule has 0 radical (unpaired) electrons. The van der Waals surface area contributed by atoms with Crippen molar-refractivity contribution in [3.05, 3.63) is 48.3 Å². The van der Waals surface area contributed by atoms with E-state index in [4.69, 9.17) is 4.74 Å². The number of nitrogens with zero attached hydrogens (tertiary/aromatic N) is 1. The van der Waals surface area contributed by atoms with Crippen LogP contribution < -0.4 is 0 Å². The fourth-order valence-corrected chi connectivity index (χ4v) is 2.42. The SMILES string of the molecule is C=CCOCC1CCN(C(=O)c2cccc(F)c2)CC1. The van der Waals surface area contributed by atoms with Gasteiger partial charge in [0.25, 0.3) is 5.91 Å². The summed E-state index contributed by atoms with van der Waals surface area (Å²) in [5, 5.41) is 0. The third kappa shape index (κ3) is 3.90. The minimum absolute atomic E-state index is 0.0880. The predicted molar refractivity (Wildman–Crippen MR) is 76.0 cm³/mol. The standard InChI is InChI=1S/C16H20FNO2/c1-2-10-20-12-13-6-8-18(9-7-13)16(19)14-4-3-5-15(17)11-14/h2-5,11,13H,1,6-10,12H2. The smallest absolute Gasteiger partial charge is 0.253 e. The maximum Gasteiger partial charge on any atom is 0.253 e. The van der Waals surface area contributed by atoms with Crippen LogP contribution in [0.5, 0.6) is 0 Å². The van der Waals surface area contributed by atoms with E-state index in [2.05, 4.69) is 6.58 Å². The van der Waals surface area contributed by atoms with Gasteiger partial charge in [0.15, 0.2) is 0 Å². The normalized spacial score (nSPS) is 16.1. The fraction of sp³-hybridized carbons (Fsp3) is 0.438.